The van der Waals surface area contributed by atoms with Crippen LogP contribution in [-0.2, 0) is 6.54 Å². The number of hydrogen-bond acceptors (Lipinski definition) is 4. The Balaban J connectivity index is 1.74. The third-order valence-corrected chi connectivity index (χ3v) is 4.39. The van der Waals surface area contributed by atoms with Crippen LogP contribution in [-0.4, -0.2) is 33.6 Å². The van der Waals surface area contributed by atoms with Crippen molar-refractivity contribution < 1.29 is 9.59 Å². The molecule has 0 aliphatic heterocycles. The fourth-order valence-electron chi connectivity index (χ4n) is 2.87. The first kappa shape index (κ1) is 18.6. The van der Waals surface area contributed by atoms with E-state index in [4.69, 9.17) is 0 Å². The molecule has 140 valence electrons. The second kappa shape index (κ2) is 7.57. The zero-order valence-electron chi connectivity index (χ0n) is 15.9. The van der Waals surface area contributed by atoms with Crippen LogP contribution in [0.3, 0.4) is 0 Å². The molecular weight excluding hydrogens is 342 g/mol. The average Bonchev–Trinajstić information content (AvgIpc) is 3.08. The predicted molar refractivity (Wildman–Crippen MR) is 104 cm³/mol. The second-order valence-electron chi connectivity index (χ2n) is 6.68. The first-order valence-electron chi connectivity index (χ1n) is 8.84. The molecule has 27 heavy (non-hydrogen) atoms. The fourth-order valence-corrected chi connectivity index (χ4v) is 2.87. The number of nitrogens with zero attached hydrogens (tertiary/aromatic N) is 3. The van der Waals surface area contributed by atoms with E-state index in [0.29, 0.717) is 23.4 Å². The number of nitrogens with one attached hydrogen (secondary N) is 2. The Bertz CT molecular complexity index is 990. The van der Waals surface area contributed by atoms with Crippen LogP contribution in [0.4, 0.5) is 0 Å². The third-order valence-electron chi connectivity index (χ3n) is 4.39. The highest BCUT2D eigenvalue weighted by atomic mass is 16.2. The zero-order valence-corrected chi connectivity index (χ0v) is 15.9. The van der Waals surface area contributed by atoms with Gasteiger partial charge in [-0.2, -0.15) is 5.10 Å². The second-order valence-corrected chi connectivity index (χ2v) is 6.68. The summed E-state index contributed by atoms with van der Waals surface area (Å²) in [6, 6.07) is 9.15. The normalized spacial score (nSPS) is 11.0. The van der Waals surface area contributed by atoms with Crippen molar-refractivity contribution in [2.75, 3.05) is 7.05 Å². The Kier molecular flexibility index (Phi) is 5.21. The minimum absolute atomic E-state index is 0.137. The predicted octanol–water partition coefficient (Wildman–Crippen LogP) is 2.61. The number of fused-ring (bicyclic) bond motifs is 1. The summed E-state index contributed by atoms with van der Waals surface area (Å²) < 4.78 is 1.85. The Morgan fingerprint density at radius 3 is 2.48 bits per heavy atom. The molecule has 3 rings (SSSR count). The maximum atomic E-state index is 12.6. The summed E-state index contributed by atoms with van der Waals surface area (Å²) in [5, 5.41) is 10.7. The van der Waals surface area contributed by atoms with Gasteiger partial charge in [0.05, 0.1) is 17.5 Å². The Morgan fingerprint density at radius 2 is 1.85 bits per heavy atom. The topological polar surface area (TPSA) is 88.9 Å². The van der Waals surface area contributed by atoms with Gasteiger partial charge in [0.25, 0.3) is 11.8 Å². The van der Waals surface area contributed by atoms with Crippen LogP contribution in [0.15, 0.2) is 36.5 Å². The molecule has 0 aliphatic rings. The van der Waals surface area contributed by atoms with Gasteiger partial charge in [-0.15, -0.1) is 0 Å². The molecule has 7 nitrogen and oxygen atoms in total. The lowest BCUT2D eigenvalue weighted by atomic mass is 10.1. The van der Waals surface area contributed by atoms with Crippen molar-refractivity contribution >= 4 is 22.8 Å². The lowest BCUT2D eigenvalue weighted by Gasteiger charge is -2.10. The molecule has 2 heterocycles. The van der Waals surface area contributed by atoms with E-state index in [2.05, 4.69) is 20.7 Å². The van der Waals surface area contributed by atoms with Gasteiger partial charge in [-0.3, -0.25) is 9.59 Å². The molecule has 3 aromatic rings. The number of benzene rings is 1. The molecule has 1 aromatic carbocycles. The molecule has 2 amide bonds. The average molecular weight is 365 g/mol. The number of hydrogen-bond donors (Lipinski definition) is 2. The van der Waals surface area contributed by atoms with Crippen LogP contribution in [0.1, 0.15) is 51.9 Å². The van der Waals surface area contributed by atoms with Crippen LogP contribution in [0, 0.1) is 6.92 Å². The van der Waals surface area contributed by atoms with Crippen LogP contribution >= 0.6 is 0 Å². The Hall–Kier alpha value is -3.22. The van der Waals surface area contributed by atoms with Crippen molar-refractivity contribution in [1.29, 1.82) is 0 Å². The summed E-state index contributed by atoms with van der Waals surface area (Å²) >= 11 is 0. The summed E-state index contributed by atoms with van der Waals surface area (Å²) in [7, 11) is 1.59. The molecule has 0 bridgehead atoms. The van der Waals surface area contributed by atoms with Gasteiger partial charge in [-0.25, -0.2) is 9.67 Å². The largest absolute Gasteiger partial charge is 0.355 e. The summed E-state index contributed by atoms with van der Waals surface area (Å²) in [5.74, 6) is -0.322. The van der Waals surface area contributed by atoms with Gasteiger partial charge in [-0.1, -0.05) is 12.1 Å². The number of aromatic nitrogens is 3. The van der Waals surface area contributed by atoms with Crippen LogP contribution < -0.4 is 10.6 Å². The van der Waals surface area contributed by atoms with Crippen molar-refractivity contribution in [3.05, 3.63) is 58.9 Å². The number of carbonyl (C=O) groups excluding carboxylic acids is 2. The van der Waals surface area contributed by atoms with Crippen molar-refractivity contribution in [2.45, 2.75) is 33.4 Å². The monoisotopic (exact) mass is 365 g/mol. The fraction of sp³-hybridized carbons (Fsp3) is 0.300. The van der Waals surface area contributed by atoms with Gasteiger partial charge in [0.2, 0.25) is 0 Å². The molecule has 0 saturated carbocycles. The van der Waals surface area contributed by atoms with Gasteiger partial charge in [-0.05, 0) is 44.5 Å². The van der Waals surface area contributed by atoms with E-state index < -0.39 is 0 Å². The Labute approximate surface area is 157 Å². The molecule has 0 unspecified atom stereocenters. The number of carbonyl (C=O) groups is 2. The summed E-state index contributed by atoms with van der Waals surface area (Å²) in [6.07, 6.45) is 1.73. The molecule has 2 aromatic heterocycles. The maximum absolute atomic E-state index is 12.6. The van der Waals surface area contributed by atoms with E-state index in [1.54, 1.807) is 25.4 Å². The summed E-state index contributed by atoms with van der Waals surface area (Å²) in [6.45, 7) is 6.28. The summed E-state index contributed by atoms with van der Waals surface area (Å²) in [4.78, 5) is 28.7. The van der Waals surface area contributed by atoms with E-state index in [1.807, 2.05) is 43.7 Å². The van der Waals surface area contributed by atoms with Crippen molar-refractivity contribution in [2.24, 2.45) is 0 Å². The number of aryl methyl sites for hydroxylation is 1. The van der Waals surface area contributed by atoms with Gasteiger partial charge < -0.3 is 10.6 Å². The number of amides is 2. The molecule has 0 spiro atoms. The van der Waals surface area contributed by atoms with E-state index >= 15 is 0 Å². The molecule has 7 heteroatoms. The smallest absolute Gasteiger partial charge is 0.253 e. The summed E-state index contributed by atoms with van der Waals surface area (Å²) in [5.41, 5.74) is 3.48. The lowest BCUT2D eigenvalue weighted by molar-refractivity contribution is 0.0945. The van der Waals surface area contributed by atoms with E-state index in [1.165, 1.54) is 0 Å². The van der Waals surface area contributed by atoms with E-state index in [-0.39, 0.29) is 17.9 Å². The molecule has 0 fully saturated rings. The standard InChI is InChI=1S/C20H23N5O2/c1-12(2)25-18-16(11-23-25)9-17(13(3)24-18)20(27)22-10-14-5-7-15(8-6-14)19(26)21-4/h5-9,11-12H,10H2,1-4H3,(H,21,26)(H,22,27). The van der Waals surface area contributed by atoms with Crippen LogP contribution in [0.25, 0.3) is 11.0 Å². The lowest BCUT2D eigenvalue weighted by Crippen LogP contribution is -2.24. The van der Waals surface area contributed by atoms with Crippen LogP contribution in [0.2, 0.25) is 0 Å². The molecular formula is C20H23N5O2. The van der Waals surface area contributed by atoms with Gasteiger partial charge in [0, 0.05) is 30.6 Å². The van der Waals surface area contributed by atoms with Gasteiger partial charge >= 0.3 is 0 Å². The van der Waals surface area contributed by atoms with Crippen LogP contribution in [0.5, 0.6) is 0 Å². The highest BCUT2D eigenvalue weighted by Crippen LogP contribution is 2.19. The SMILES string of the molecule is CNC(=O)c1ccc(CNC(=O)c2cc3cnn(C(C)C)c3nc2C)cc1. The third kappa shape index (κ3) is 3.81. The quantitative estimate of drug-likeness (QED) is 0.727. The number of pyridine rings is 1. The minimum Gasteiger partial charge on any atom is -0.355 e. The van der Waals surface area contributed by atoms with E-state index in [9.17, 15) is 9.59 Å². The molecule has 0 radical (unpaired) electrons. The first-order chi connectivity index (χ1) is 12.9. The minimum atomic E-state index is -0.186. The molecule has 0 aliphatic carbocycles. The van der Waals surface area contributed by atoms with Crippen molar-refractivity contribution in [1.82, 2.24) is 25.4 Å². The molecule has 0 saturated heterocycles. The Morgan fingerprint density at radius 1 is 1.15 bits per heavy atom. The van der Waals surface area contributed by atoms with Gasteiger partial charge in [0.15, 0.2) is 5.65 Å². The van der Waals surface area contributed by atoms with Crippen molar-refractivity contribution in [3.63, 3.8) is 0 Å². The highest BCUT2D eigenvalue weighted by molar-refractivity contribution is 5.98. The number of rotatable bonds is 5. The maximum Gasteiger partial charge on any atom is 0.253 e. The molecule has 0 atom stereocenters. The highest BCUT2D eigenvalue weighted by Gasteiger charge is 2.15. The zero-order chi connectivity index (χ0) is 19.6. The van der Waals surface area contributed by atoms with Crippen molar-refractivity contribution in [3.8, 4) is 0 Å². The first-order valence-corrected chi connectivity index (χ1v) is 8.84. The van der Waals surface area contributed by atoms with Gasteiger partial charge in [0.1, 0.15) is 0 Å². The molecule has 2 N–H and O–H groups in total. The van der Waals surface area contributed by atoms with E-state index in [0.717, 1.165) is 16.6 Å².